The van der Waals surface area contributed by atoms with E-state index < -0.39 is 0 Å². The number of carbonyl (C=O) groups excluding carboxylic acids is 2. The molecule has 0 spiro atoms. The van der Waals surface area contributed by atoms with Crippen LogP contribution in [-0.4, -0.2) is 23.3 Å². The zero-order valence-electron chi connectivity index (χ0n) is 13.4. The first-order valence-electron chi connectivity index (χ1n) is 7.57. The van der Waals surface area contributed by atoms with Crippen molar-refractivity contribution in [2.75, 3.05) is 6.54 Å². The average molecular weight is 311 g/mol. The van der Waals surface area contributed by atoms with Crippen LogP contribution in [-0.2, 0) is 9.59 Å². The van der Waals surface area contributed by atoms with Gasteiger partial charge < -0.3 is 10.6 Å². The van der Waals surface area contributed by atoms with E-state index in [9.17, 15) is 9.59 Å². The van der Waals surface area contributed by atoms with Crippen molar-refractivity contribution in [1.29, 1.82) is 0 Å². The summed E-state index contributed by atoms with van der Waals surface area (Å²) in [6.45, 7) is 3.79. The second-order valence-corrected chi connectivity index (χ2v) is 5.37. The Morgan fingerprint density at radius 3 is 2.48 bits per heavy atom. The molecule has 120 valence electrons. The number of benzene rings is 1. The molecule has 0 aliphatic heterocycles. The molecule has 2 N–H and O–H groups in total. The molecule has 1 heterocycles. The molecule has 0 saturated carbocycles. The third-order valence-electron chi connectivity index (χ3n) is 3.57. The van der Waals surface area contributed by atoms with Crippen LogP contribution in [0.1, 0.15) is 36.1 Å². The summed E-state index contributed by atoms with van der Waals surface area (Å²) in [5.41, 5.74) is 3.13. The molecule has 1 unspecified atom stereocenters. The summed E-state index contributed by atoms with van der Waals surface area (Å²) < 4.78 is 0. The molecule has 0 aliphatic rings. The number of aromatic nitrogens is 1. The van der Waals surface area contributed by atoms with E-state index in [-0.39, 0.29) is 24.3 Å². The van der Waals surface area contributed by atoms with E-state index in [1.54, 1.807) is 12.4 Å². The average Bonchev–Trinajstić information content (AvgIpc) is 2.54. The van der Waals surface area contributed by atoms with Gasteiger partial charge in [-0.25, -0.2) is 0 Å². The van der Waals surface area contributed by atoms with E-state index >= 15 is 0 Å². The van der Waals surface area contributed by atoms with Crippen molar-refractivity contribution in [3.8, 4) is 0 Å². The standard InChI is InChI=1S/C18H21N3O2/c1-13-5-3-4-6-16(13)18(15-7-10-19-11-8-15)21-17(23)9-12-20-14(2)22/h3-8,10-11,18H,9,12H2,1-2H3,(H,20,22)(H,21,23). The number of hydrogen-bond donors (Lipinski definition) is 2. The van der Waals surface area contributed by atoms with Crippen molar-refractivity contribution in [3.05, 3.63) is 65.5 Å². The second kappa shape index (κ2) is 8.08. The van der Waals surface area contributed by atoms with Gasteiger partial charge >= 0.3 is 0 Å². The first-order valence-corrected chi connectivity index (χ1v) is 7.57. The SMILES string of the molecule is CC(=O)NCCC(=O)NC(c1ccncc1)c1ccccc1C. The highest BCUT2D eigenvalue weighted by molar-refractivity contribution is 5.78. The first-order chi connectivity index (χ1) is 11.1. The molecule has 0 fully saturated rings. The van der Waals surface area contributed by atoms with E-state index in [1.807, 2.05) is 43.3 Å². The zero-order chi connectivity index (χ0) is 16.7. The molecular weight excluding hydrogens is 290 g/mol. The van der Waals surface area contributed by atoms with E-state index in [1.165, 1.54) is 6.92 Å². The number of carbonyl (C=O) groups is 2. The van der Waals surface area contributed by atoms with Gasteiger partial charge in [0.05, 0.1) is 6.04 Å². The third-order valence-corrected chi connectivity index (χ3v) is 3.57. The lowest BCUT2D eigenvalue weighted by Crippen LogP contribution is -2.33. The van der Waals surface area contributed by atoms with Crippen LogP contribution in [0.15, 0.2) is 48.8 Å². The fourth-order valence-electron chi connectivity index (χ4n) is 2.39. The van der Waals surface area contributed by atoms with Crippen LogP contribution in [0.5, 0.6) is 0 Å². The molecule has 1 aromatic carbocycles. The number of nitrogens with one attached hydrogen (secondary N) is 2. The summed E-state index contributed by atoms with van der Waals surface area (Å²) >= 11 is 0. The third kappa shape index (κ3) is 4.92. The smallest absolute Gasteiger partial charge is 0.222 e. The molecule has 0 saturated heterocycles. The second-order valence-electron chi connectivity index (χ2n) is 5.37. The minimum atomic E-state index is -0.232. The lowest BCUT2D eigenvalue weighted by molar-refractivity contribution is -0.122. The Bertz CT molecular complexity index is 671. The van der Waals surface area contributed by atoms with Crippen LogP contribution in [0.4, 0.5) is 0 Å². The largest absolute Gasteiger partial charge is 0.356 e. The van der Waals surface area contributed by atoms with Gasteiger partial charge in [-0.2, -0.15) is 0 Å². The number of amides is 2. The van der Waals surface area contributed by atoms with E-state index in [0.29, 0.717) is 6.54 Å². The molecule has 5 heteroatoms. The van der Waals surface area contributed by atoms with Crippen molar-refractivity contribution in [1.82, 2.24) is 15.6 Å². The minimum absolute atomic E-state index is 0.108. The molecule has 0 aliphatic carbocycles. The maximum atomic E-state index is 12.2. The Hall–Kier alpha value is -2.69. The molecule has 1 atom stereocenters. The number of hydrogen-bond acceptors (Lipinski definition) is 3. The number of nitrogens with zero attached hydrogens (tertiary/aromatic N) is 1. The highest BCUT2D eigenvalue weighted by Gasteiger charge is 2.18. The van der Waals surface area contributed by atoms with Gasteiger partial charge in [-0.05, 0) is 35.7 Å². The van der Waals surface area contributed by atoms with Crippen LogP contribution in [0.2, 0.25) is 0 Å². The molecule has 2 aromatic rings. The normalized spacial score (nSPS) is 11.6. The fourth-order valence-corrected chi connectivity index (χ4v) is 2.39. The van der Waals surface area contributed by atoms with Gasteiger partial charge in [0, 0.05) is 32.3 Å². The number of rotatable bonds is 6. The van der Waals surface area contributed by atoms with Crippen molar-refractivity contribution in [2.45, 2.75) is 26.3 Å². The van der Waals surface area contributed by atoms with Crippen LogP contribution >= 0.6 is 0 Å². The summed E-state index contributed by atoms with van der Waals surface area (Å²) in [6.07, 6.45) is 3.67. The van der Waals surface area contributed by atoms with Crippen LogP contribution in [0.25, 0.3) is 0 Å². The molecule has 23 heavy (non-hydrogen) atoms. The van der Waals surface area contributed by atoms with Crippen molar-refractivity contribution in [3.63, 3.8) is 0 Å². The maximum absolute atomic E-state index is 12.2. The van der Waals surface area contributed by atoms with Gasteiger partial charge in [0.15, 0.2) is 0 Å². The molecule has 1 aromatic heterocycles. The van der Waals surface area contributed by atoms with Gasteiger partial charge in [0.25, 0.3) is 0 Å². The van der Waals surface area contributed by atoms with Crippen LogP contribution in [0, 0.1) is 6.92 Å². The van der Waals surface area contributed by atoms with E-state index in [2.05, 4.69) is 15.6 Å². The van der Waals surface area contributed by atoms with Gasteiger partial charge in [0.1, 0.15) is 0 Å². The fraction of sp³-hybridized carbons (Fsp3) is 0.278. The van der Waals surface area contributed by atoms with Gasteiger partial charge in [-0.3, -0.25) is 14.6 Å². The van der Waals surface area contributed by atoms with Crippen molar-refractivity contribution >= 4 is 11.8 Å². The minimum Gasteiger partial charge on any atom is -0.356 e. The summed E-state index contributed by atoms with van der Waals surface area (Å²) in [5, 5.41) is 5.68. The summed E-state index contributed by atoms with van der Waals surface area (Å²) in [6, 6.07) is 11.5. The monoisotopic (exact) mass is 311 g/mol. The Balaban J connectivity index is 2.17. The Labute approximate surface area is 136 Å². The first kappa shape index (κ1) is 16.7. The highest BCUT2D eigenvalue weighted by Crippen LogP contribution is 2.24. The predicted molar refractivity (Wildman–Crippen MR) is 88.7 cm³/mol. The highest BCUT2D eigenvalue weighted by atomic mass is 16.2. The number of pyridine rings is 1. The van der Waals surface area contributed by atoms with Crippen LogP contribution in [0.3, 0.4) is 0 Å². The Morgan fingerprint density at radius 2 is 1.83 bits per heavy atom. The van der Waals surface area contributed by atoms with E-state index in [0.717, 1.165) is 16.7 Å². The maximum Gasteiger partial charge on any atom is 0.222 e. The molecule has 0 radical (unpaired) electrons. The van der Waals surface area contributed by atoms with Gasteiger partial charge in [-0.1, -0.05) is 24.3 Å². The lowest BCUT2D eigenvalue weighted by atomic mass is 9.95. The number of aryl methyl sites for hydroxylation is 1. The van der Waals surface area contributed by atoms with Crippen LogP contribution < -0.4 is 10.6 Å². The van der Waals surface area contributed by atoms with Crippen molar-refractivity contribution in [2.24, 2.45) is 0 Å². The van der Waals surface area contributed by atoms with Gasteiger partial charge in [-0.15, -0.1) is 0 Å². The molecule has 2 rings (SSSR count). The van der Waals surface area contributed by atoms with E-state index in [4.69, 9.17) is 0 Å². The Morgan fingerprint density at radius 1 is 1.13 bits per heavy atom. The predicted octanol–water partition coefficient (Wildman–Crippen LogP) is 2.12. The molecule has 0 bridgehead atoms. The van der Waals surface area contributed by atoms with Gasteiger partial charge in [0.2, 0.25) is 11.8 Å². The Kier molecular flexibility index (Phi) is 5.86. The molecule has 5 nitrogen and oxygen atoms in total. The lowest BCUT2D eigenvalue weighted by Gasteiger charge is -2.21. The van der Waals surface area contributed by atoms with Crippen molar-refractivity contribution < 1.29 is 9.59 Å². The summed E-state index contributed by atoms with van der Waals surface area (Å²) in [4.78, 5) is 27.1. The summed E-state index contributed by atoms with van der Waals surface area (Å²) in [5.74, 6) is -0.244. The molecular formula is C18H21N3O2. The summed E-state index contributed by atoms with van der Waals surface area (Å²) in [7, 11) is 0. The molecule has 2 amide bonds. The topological polar surface area (TPSA) is 71.1 Å². The zero-order valence-corrected chi connectivity index (χ0v) is 13.4. The quantitative estimate of drug-likeness (QED) is 0.858.